The van der Waals surface area contributed by atoms with Crippen molar-refractivity contribution in [3.05, 3.63) is 83.3 Å². The maximum Gasteiger partial charge on any atom is 0.329 e. The van der Waals surface area contributed by atoms with Crippen molar-refractivity contribution >= 4 is 41.2 Å². The molecular weight excluding hydrogens is 436 g/mol. The highest BCUT2D eigenvalue weighted by molar-refractivity contribution is 6.39. The van der Waals surface area contributed by atoms with E-state index in [1.807, 2.05) is 0 Å². The molecule has 1 aromatic heterocycles. The molecule has 9 nitrogen and oxygen atoms in total. The topological polar surface area (TPSA) is 122 Å². The first-order valence-electron chi connectivity index (χ1n) is 9.41. The van der Waals surface area contributed by atoms with Crippen LogP contribution in [-0.4, -0.2) is 30.5 Å². The second-order valence-electron chi connectivity index (χ2n) is 6.38. The molecule has 0 saturated heterocycles. The predicted molar refractivity (Wildman–Crippen MR) is 118 cm³/mol. The lowest BCUT2D eigenvalue weighted by Gasteiger charge is -2.07. The Balaban J connectivity index is 1.40. The van der Waals surface area contributed by atoms with Crippen LogP contribution in [0.4, 0.5) is 5.69 Å². The molecule has 0 bridgehead atoms. The third-order valence-electron chi connectivity index (χ3n) is 3.96. The zero-order valence-corrected chi connectivity index (χ0v) is 17.5. The van der Waals surface area contributed by atoms with Gasteiger partial charge in [0.15, 0.2) is 6.61 Å². The number of hydrazone groups is 1. The Kier molecular flexibility index (Phi) is 7.99. The molecule has 0 fully saturated rings. The normalized spacial score (nSPS) is 10.5. The lowest BCUT2D eigenvalue weighted by atomic mass is 10.2. The fourth-order valence-electron chi connectivity index (χ4n) is 2.42. The van der Waals surface area contributed by atoms with Crippen molar-refractivity contribution in [2.24, 2.45) is 5.10 Å². The molecule has 10 heteroatoms. The number of furan rings is 1. The number of ether oxygens (including phenoxy) is 1. The number of hydrogen-bond donors (Lipinski definition) is 3. The average molecular weight is 455 g/mol. The maximum atomic E-state index is 11.9. The standard InChI is InChI=1S/C22H19ClN4O5/c23-16-3-1-4-17(11-16)26-21(29)22(30)27-25-12-15-6-8-18(9-7-15)32-14-20(28)24-13-19-5-2-10-31-19/h1-12H,13-14H2,(H,24,28)(H,26,29)(H,27,30)/b25-12-. The summed E-state index contributed by atoms with van der Waals surface area (Å²) in [5, 5.41) is 9.27. The summed E-state index contributed by atoms with van der Waals surface area (Å²) in [4.78, 5) is 35.5. The number of amides is 3. The fourth-order valence-corrected chi connectivity index (χ4v) is 2.61. The van der Waals surface area contributed by atoms with Crippen molar-refractivity contribution in [1.29, 1.82) is 0 Å². The van der Waals surface area contributed by atoms with Gasteiger partial charge in [0.1, 0.15) is 11.5 Å². The summed E-state index contributed by atoms with van der Waals surface area (Å²) < 4.78 is 10.5. The van der Waals surface area contributed by atoms with E-state index in [-0.39, 0.29) is 19.1 Å². The van der Waals surface area contributed by atoms with Gasteiger partial charge in [-0.2, -0.15) is 5.10 Å². The molecule has 0 aliphatic rings. The van der Waals surface area contributed by atoms with Crippen LogP contribution in [0.5, 0.6) is 5.75 Å². The Bertz CT molecular complexity index is 1100. The molecule has 0 radical (unpaired) electrons. The van der Waals surface area contributed by atoms with Crippen molar-refractivity contribution in [1.82, 2.24) is 10.7 Å². The van der Waals surface area contributed by atoms with E-state index in [9.17, 15) is 14.4 Å². The number of hydrogen-bond acceptors (Lipinski definition) is 6. The van der Waals surface area contributed by atoms with Crippen LogP contribution >= 0.6 is 11.6 Å². The predicted octanol–water partition coefficient (Wildman–Crippen LogP) is 2.72. The third kappa shape index (κ3) is 7.29. The van der Waals surface area contributed by atoms with Crippen molar-refractivity contribution in [3.8, 4) is 5.75 Å². The van der Waals surface area contributed by atoms with Crippen molar-refractivity contribution < 1.29 is 23.5 Å². The Morgan fingerprint density at radius 1 is 1.03 bits per heavy atom. The first-order chi connectivity index (χ1) is 15.5. The number of halogens is 1. The van der Waals surface area contributed by atoms with Gasteiger partial charge in [-0.1, -0.05) is 17.7 Å². The van der Waals surface area contributed by atoms with Crippen LogP contribution in [0.3, 0.4) is 0 Å². The molecule has 3 aromatic rings. The number of nitrogens with zero attached hydrogens (tertiary/aromatic N) is 1. The highest BCUT2D eigenvalue weighted by Crippen LogP contribution is 2.14. The second-order valence-corrected chi connectivity index (χ2v) is 6.81. The molecule has 164 valence electrons. The van der Waals surface area contributed by atoms with Gasteiger partial charge in [-0.05, 0) is 60.2 Å². The van der Waals surface area contributed by atoms with E-state index < -0.39 is 11.8 Å². The van der Waals surface area contributed by atoms with Gasteiger partial charge in [-0.15, -0.1) is 0 Å². The minimum Gasteiger partial charge on any atom is -0.484 e. The molecule has 0 spiro atoms. The maximum absolute atomic E-state index is 11.9. The van der Waals surface area contributed by atoms with Gasteiger partial charge < -0.3 is 19.8 Å². The molecule has 0 unspecified atom stereocenters. The number of benzene rings is 2. The average Bonchev–Trinajstić information content (AvgIpc) is 3.31. The molecule has 0 atom stereocenters. The van der Waals surface area contributed by atoms with Gasteiger partial charge in [0.25, 0.3) is 5.91 Å². The zero-order chi connectivity index (χ0) is 22.8. The van der Waals surface area contributed by atoms with Gasteiger partial charge in [-0.25, -0.2) is 5.43 Å². The fraction of sp³-hybridized carbons (Fsp3) is 0.0909. The number of rotatable bonds is 8. The Hall–Kier alpha value is -4.11. The minimum atomic E-state index is -0.929. The highest BCUT2D eigenvalue weighted by Gasteiger charge is 2.12. The summed E-state index contributed by atoms with van der Waals surface area (Å²) in [5.41, 5.74) is 3.18. The highest BCUT2D eigenvalue weighted by atomic mass is 35.5. The number of anilines is 1. The van der Waals surface area contributed by atoms with E-state index in [0.29, 0.717) is 27.8 Å². The molecule has 3 amide bonds. The van der Waals surface area contributed by atoms with Gasteiger partial charge >= 0.3 is 11.8 Å². The van der Waals surface area contributed by atoms with E-state index in [4.69, 9.17) is 20.8 Å². The van der Waals surface area contributed by atoms with Crippen molar-refractivity contribution in [2.45, 2.75) is 6.54 Å². The van der Waals surface area contributed by atoms with Crippen LogP contribution in [0.15, 0.2) is 76.4 Å². The lowest BCUT2D eigenvalue weighted by molar-refractivity contribution is -0.136. The molecule has 0 saturated carbocycles. The molecule has 3 rings (SSSR count). The zero-order valence-electron chi connectivity index (χ0n) is 16.7. The van der Waals surface area contributed by atoms with E-state index in [1.54, 1.807) is 54.6 Å². The van der Waals surface area contributed by atoms with Crippen LogP contribution in [0, 0.1) is 0 Å². The van der Waals surface area contributed by atoms with Crippen LogP contribution in [0.1, 0.15) is 11.3 Å². The smallest absolute Gasteiger partial charge is 0.329 e. The molecule has 32 heavy (non-hydrogen) atoms. The van der Waals surface area contributed by atoms with Crippen LogP contribution < -0.4 is 20.8 Å². The number of nitrogens with one attached hydrogen (secondary N) is 3. The van der Waals surface area contributed by atoms with Crippen molar-refractivity contribution in [3.63, 3.8) is 0 Å². The van der Waals surface area contributed by atoms with E-state index >= 15 is 0 Å². The van der Waals surface area contributed by atoms with E-state index in [0.717, 1.165) is 0 Å². The molecule has 1 heterocycles. The molecule has 0 aliphatic heterocycles. The minimum absolute atomic E-state index is 0.147. The first-order valence-corrected chi connectivity index (χ1v) is 9.79. The monoisotopic (exact) mass is 454 g/mol. The summed E-state index contributed by atoms with van der Waals surface area (Å²) >= 11 is 5.83. The van der Waals surface area contributed by atoms with Crippen LogP contribution in [0.2, 0.25) is 5.02 Å². The number of carbonyl (C=O) groups is 3. The third-order valence-corrected chi connectivity index (χ3v) is 4.19. The van der Waals surface area contributed by atoms with E-state index in [2.05, 4.69) is 21.2 Å². The Morgan fingerprint density at radius 2 is 1.84 bits per heavy atom. The largest absolute Gasteiger partial charge is 0.484 e. The van der Waals surface area contributed by atoms with Crippen molar-refractivity contribution in [2.75, 3.05) is 11.9 Å². The second kappa shape index (κ2) is 11.3. The van der Waals surface area contributed by atoms with Gasteiger partial charge in [0.2, 0.25) is 0 Å². The number of carbonyl (C=O) groups excluding carboxylic acids is 3. The summed E-state index contributed by atoms with van der Waals surface area (Å²) in [7, 11) is 0. The molecule has 2 aromatic carbocycles. The Morgan fingerprint density at radius 3 is 2.56 bits per heavy atom. The SMILES string of the molecule is O=C(COc1ccc(/C=N\NC(=O)C(=O)Nc2cccc(Cl)c2)cc1)NCc1ccco1. The quantitative estimate of drug-likeness (QED) is 0.274. The molecule has 3 N–H and O–H groups in total. The molecular formula is C22H19ClN4O5. The van der Waals surface area contributed by atoms with Crippen LogP contribution in [-0.2, 0) is 20.9 Å². The lowest BCUT2D eigenvalue weighted by Crippen LogP contribution is -2.32. The first kappa shape index (κ1) is 22.6. The summed E-state index contributed by atoms with van der Waals surface area (Å²) in [6.07, 6.45) is 2.90. The summed E-state index contributed by atoms with van der Waals surface area (Å²) in [6, 6.07) is 16.6. The Labute approximate surface area is 188 Å². The van der Waals surface area contributed by atoms with E-state index in [1.165, 1.54) is 18.5 Å². The van der Waals surface area contributed by atoms with Crippen LogP contribution in [0.25, 0.3) is 0 Å². The van der Waals surface area contributed by atoms with Gasteiger partial charge in [-0.3, -0.25) is 14.4 Å². The summed E-state index contributed by atoms with van der Waals surface area (Å²) in [5.74, 6) is -0.956. The van der Waals surface area contributed by atoms with Gasteiger partial charge in [0.05, 0.1) is 19.0 Å². The molecule has 0 aliphatic carbocycles. The summed E-state index contributed by atoms with van der Waals surface area (Å²) in [6.45, 7) is 0.138. The van der Waals surface area contributed by atoms with Gasteiger partial charge in [0, 0.05) is 10.7 Å².